The summed E-state index contributed by atoms with van der Waals surface area (Å²) in [7, 11) is 3.47. The molecule has 1 aliphatic heterocycles. The maximum atomic E-state index is 11.8. The predicted octanol–water partition coefficient (Wildman–Crippen LogP) is 1.19. The highest BCUT2D eigenvalue weighted by molar-refractivity contribution is 5.92. The van der Waals surface area contributed by atoms with E-state index in [0.717, 1.165) is 25.3 Å². The second-order valence-corrected chi connectivity index (χ2v) is 5.20. The molecule has 2 rings (SSSR count). The third-order valence-electron chi connectivity index (χ3n) is 3.44. The summed E-state index contributed by atoms with van der Waals surface area (Å²) in [5.41, 5.74) is 1.46. The Morgan fingerprint density at radius 1 is 1.47 bits per heavy atom. The zero-order valence-electron chi connectivity index (χ0n) is 11.6. The van der Waals surface area contributed by atoms with E-state index in [1.165, 1.54) is 12.8 Å². The highest BCUT2D eigenvalue weighted by atomic mass is 16.2. The first-order valence-electron chi connectivity index (χ1n) is 6.79. The maximum absolute atomic E-state index is 11.8. The highest BCUT2D eigenvalue weighted by Crippen LogP contribution is 2.14. The van der Waals surface area contributed by atoms with Crippen LogP contribution in [0.15, 0.2) is 18.3 Å². The molecule has 5 nitrogen and oxygen atoms in total. The van der Waals surface area contributed by atoms with E-state index in [-0.39, 0.29) is 5.91 Å². The molecule has 0 unspecified atom stereocenters. The number of anilines is 1. The van der Waals surface area contributed by atoms with Gasteiger partial charge < -0.3 is 15.5 Å². The van der Waals surface area contributed by atoms with Crippen LogP contribution in [0.1, 0.15) is 23.3 Å². The number of nitrogens with zero attached hydrogens (tertiary/aromatic N) is 2. The van der Waals surface area contributed by atoms with Crippen molar-refractivity contribution in [1.29, 1.82) is 0 Å². The smallest absolute Gasteiger partial charge is 0.272 e. The third-order valence-corrected chi connectivity index (χ3v) is 3.44. The lowest BCUT2D eigenvalue weighted by molar-refractivity contribution is 0.0822. The number of carbonyl (C=O) groups excluding carboxylic acids is 1. The molecule has 0 saturated carbocycles. The first-order valence-corrected chi connectivity index (χ1v) is 6.79. The van der Waals surface area contributed by atoms with E-state index in [4.69, 9.17) is 0 Å². The van der Waals surface area contributed by atoms with Crippen LogP contribution in [0, 0.1) is 5.92 Å². The number of pyridine rings is 1. The van der Waals surface area contributed by atoms with E-state index in [2.05, 4.69) is 15.6 Å². The first kappa shape index (κ1) is 13.8. The van der Waals surface area contributed by atoms with Gasteiger partial charge >= 0.3 is 0 Å². The van der Waals surface area contributed by atoms with Crippen LogP contribution in [-0.2, 0) is 0 Å². The molecule has 2 heterocycles. The number of aromatic nitrogens is 1. The SMILES string of the molecule is CN(C)C(=O)c1cc(NCC2CCNCC2)ccn1. The standard InChI is InChI=1S/C14H22N4O/c1-18(2)14(19)13-9-12(5-8-16-13)17-10-11-3-6-15-7-4-11/h5,8-9,11,15H,3-4,6-7,10H2,1-2H3,(H,16,17). The Bertz CT molecular complexity index is 427. The number of amides is 1. The molecule has 104 valence electrons. The number of hydrogen-bond acceptors (Lipinski definition) is 4. The zero-order valence-corrected chi connectivity index (χ0v) is 11.6. The Morgan fingerprint density at radius 2 is 2.21 bits per heavy atom. The van der Waals surface area contributed by atoms with Gasteiger partial charge in [-0.3, -0.25) is 9.78 Å². The number of rotatable bonds is 4. The van der Waals surface area contributed by atoms with Crippen LogP contribution in [0.5, 0.6) is 0 Å². The minimum absolute atomic E-state index is 0.0643. The molecule has 5 heteroatoms. The molecule has 0 aliphatic carbocycles. The summed E-state index contributed by atoms with van der Waals surface area (Å²) in [5, 5.41) is 6.77. The highest BCUT2D eigenvalue weighted by Gasteiger charge is 2.13. The largest absolute Gasteiger partial charge is 0.385 e. The van der Waals surface area contributed by atoms with Gasteiger partial charge in [0.2, 0.25) is 0 Å². The molecule has 0 bridgehead atoms. The fourth-order valence-electron chi connectivity index (χ4n) is 2.23. The van der Waals surface area contributed by atoms with Crippen molar-refractivity contribution in [2.45, 2.75) is 12.8 Å². The molecule has 19 heavy (non-hydrogen) atoms. The summed E-state index contributed by atoms with van der Waals surface area (Å²) in [5.74, 6) is 0.646. The molecule has 1 amide bonds. The molecule has 0 radical (unpaired) electrons. The van der Waals surface area contributed by atoms with Gasteiger partial charge in [-0.1, -0.05) is 0 Å². The van der Waals surface area contributed by atoms with Gasteiger partial charge in [0.15, 0.2) is 0 Å². The van der Waals surface area contributed by atoms with Gasteiger partial charge in [0, 0.05) is 32.5 Å². The van der Waals surface area contributed by atoms with Crippen LogP contribution < -0.4 is 10.6 Å². The molecular weight excluding hydrogens is 240 g/mol. The molecule has 0 atom stereocenters. The van der Waals surface area contributed by atoms with E-state index in [9.17, 15) is 4.79 Å². The average Bonchev–Trinajstić information content (AvgIpc) is 2.45. The van der Waals surface area contributed by atoms with Crippen LogP contribution in [0.4, 0.5) is 5.69 Å². The van der Waals surface area contributed by atoms with Crippen molar-refractivity contribution in [1.82, 2.24) is 15.2 Å². The Labute approximate surface area is 114 Å². The lowest BCUT2D eigenvalue weighted by Crippen LogP contribution is -2.31. The lowest BCUT2D eigenvalue weighted by atomic mass is 9.98. The Balaban J connectivity index is 1.93. The molecular formula is C14H22N4O. The van der Waals surface area contributed by atoms with E-state index in [1.807, 2.05) is 12.1 Å². The number of piperidine rings is 1. The van der Waals surface area contributed by atoms with Crippen LogP contribution in [0.3, 0.4) is 0 Å². The lowest BCUT2D eigenvalue weighted by Gasteiger charge is -2.23. The van der Waals surface area contributed by atoms with Gasteiger partial charge in [0.25, 0.3) is 5.91 Å². The average molecular weight is 262 g/mol. The van der Waals surface area contributed by atoms with E-state index < -0.39 is 0 Å². The van der Waals surface area contributed by atoms with E-state index >= 15 is 0 Å². The third kappa shape index (κ3) is 3.92. The predicted molar refractivity (Wildman–Crippen MR) is 76.3 cm³/mol. The van der Waals surface area contributed by atoms with Gasteiger partial charge in [0.1, 0.15) is 5.69 Å². The Kier molecular flexibility index (Phi) is 4.74. The van der Waals surface area contributed by atoms with Gasteiger partial charge in [-0.15, -0.1) is 0 Å². The second-order valence-electron chi connectivity index (χ2n) is 5.20. The first-order chi connectivity index (χ1) is 9.16. The van der Waals surface area contributed by atoms with Crippen LogP contribution in [-0.4, -0.2) is 49.5 Å². The van der Waals surface area contributed by atoms with Crippen molar-refractivity contribution in [3.05, 3.63) is 24.0 Å². The molecule has 2 N–H and O–H groups in total. The van der Waals surface area contributed by atoms with Crippen molar-refractivity contribution in [3.8, 4) is 0 Å². The fraction of sp³-hybridized carbons (Fsp3) is 0.571. The van der Waals surface area contributed by atoms with E-state index in [1.54, 1.807) is 25.2 Å². The normalized spacial score (nSPS) is 16.1. The number of hydrogen-bond donors (Lipinski definition) is 2. The van der Waals surface area contributed by atoms with Gasteiger partial charge in [-0.25, -0.2) is 0 Å². The minimum Gasteiger partial charge on any atom is -0.385 e. The molecule has 1 aromatic rings. The van der Waals surface area contributed by atoms with Crippen molar-refractivity contribution in [2.24, 2.45) is 5.92 Å². The Morgan fingerprint density at radius 3 is 2.89 bits per heavy atom. The summed E-state index contributed by atoms with van der Waals surface area (Å²) >= 11 is 0. The molecule has 1 aromatic heterocycles. The molecule has 1 saturated heterocycles. The van der Waals surface area contributed by atoms with Crippen LogP contribution in [0.25, 0.3) is 0 Å². The summed E-state index contributed by atoms with van der Waals surface area (Å²) in [6, 6.07) is 3.73. The molecule has 0 aromatic carbocycles. The van der Waals surface area contributed by atoms with Crippen molar-refractivity contribution in [3.63, 3.8) is 0 Å². The van der Waals surface area contributed by atoms with Gasteiger partial charge in [-0.2, -0.15) is 0 Å². The number of carbonyl (C=O) groups is 1. The number of nitrogens with one attached hydrogen (secondary N) is 2. The topological polar surface area (TPSA) is 57.3 Å². The maximum Gasteiger partial charge on any atom is 0.272 e. The van der Waals surface area contributed by atoms with Crippen LogP contribution >= 0.6 is 0 Å². The van der Waals surface area contributed by atoms with Crippen molar-refractivity contribution >= 4 is 11.6 Å². The minimum atomic E-state index is -0.0643. The van der Waals surface area contributed by atoms with Crippen LogP contribution in [0.2, 0.25) is 0 Å². The molecule has 1 fully saturated rings. The quantitative estimate of drug-likeness (QED) is 0.856. The summed E-state index contributed by atoms with van der Waals surface area (Å²) < 4.78 is 0. The summed E-state index contributed by atoms with van der Waals surface area (Å²) in [6.45, 7) is 3.17. The monoisotopic (exact) mass is 262 g/mol. The van der Waals surface area contributed by atoms with Crippen molar-refractivity contribution < 1.29 is 4.79 Å². The molecule has 1 aliphatic rings. The van der Waals surface area contributed by atoms with Gasteiger partial charge in [-0.05, 0) is 44.0 Å². The summed E-state index contributed by atoms with van der Waals surface area (Å²) in [6.07, 6.45) is 4.10. The van der Waals surface area contributed by atoms with Crippen molar-refractivity contribution in [2.75, 3.05) is 39.0 Å². The molecule has 0 spiro atoms. The Hall–Kier alpha value is -1.62. The zero-order chi connectivity index (χ0) is 13.7. The van der Waals surface area contributed by atoms with E-state index in [0.29, 0.717) is 11.6 Å². The summed E-state index contributed by atoms with van der Waals surface area (Å²) in [4.78, 5) is 17.5. The fourth-order valence-corrected chi connectivity index (χ4v) is 2.23. The second kappa shape index (κ2) is 6.52. The van der Waals surface area contributed by atoms with Gasteiger partial charge in [0.05, 0.1) is 0 Å².